The average molecular weight is 598 g/mol. The third kappa shape index (κ3) is 7.94. The Labute approximate surface area is 257 Å². The van der Waals surface area contributed by atoms with Crippen LogP contribution in [0.2, 0.25) is 0 Å². The molecule has 5 rings (SSSR count). The molecule has 0 aliphatic carbocycles. The molecule has 0 atom stereocenters. The van der Waals surface area contributed by atoms with Crippen molar-refractivity contribution in [2.45, 2.75) is 6.42 Å². The standard InChI is InChI=1S/C33H39N7O4/c1-37-13-4-5-28(37)11-8-24-6-9-25(10-7-24)32(42)36-26-19-29(38(2)22-26)21-31(41)35-27-20-30(39(3)23-27)33(43)34-12-14-40-15-17-44-18-16-40/h4-11,13,19-20,22-23H,12,14-18,21H2,1-3H3,(H,34,43)(H,35,41)(H,36,42)/b11-8+. The normalized spacial score (nSPS) is 13.7. The van der Waals surface area contributed by atoms with Gasteiger partial charge in [-0.25, -0.2) is 0 Å². The quantitative estimate of drug-likeness (QED) is 0.245. The van der Waals surface area contributed by atoms with E-state index < -0.39 is 0 Å². The predicted molar refractivity (Wildman–Crippen MR) is 171 cm³/mol. The van der Waals surface area contributed by atoms with Gasteiger partial charge in [0.1, 0.15) is 5.69 Å². The summed E-state index contributed by atoms with van der Waals surface area (Å²) >= 11 is 0. The first-order valence-electron chi connectivity index (χ1n) is 14.7. The van der Waals surface area contributed by atoms with Gasteiger partial charge in [0.25, 0.3) is 11.8 Å². The van der Waals surface area contributed by atoms with Gasteiger partial charge in [-0.3, -0.25) is 19.3 Å². The minimum Gasteiger partial charge on any atom is -0.379 e. The second kappa shape index (κ2) is 14.1. The molecule has 0 unspecified atom stereocenters. The van der Waals surface area contributed by atoms with Crippen molar-refractivity contribution >= 4 is 41.2 Å². The van der Waals surface area contributed by atoms with Gasteiger partial charge in [0.05, 0.1) is 31.0 Å². The summed E-state index contributed by atoms with van der Waals surface area (Å²) in [7, 11) is 5.59. The fourth-order valence-corrected chi connectivity index (χ4v) is 5.10. The van der Waals surface area contributed by atoms with Crippen LogP contribution in [0.25, 0.3) is 12.2 Å². The van der Waals surface area contributed by atoms with Crippen molar-refractivity contribution in [2.75, 3.05) is 50.0 Å². The number of rotatable bonds is 11. The summed E-state index contributed by atoms with van der Waals surface area (Å²) in [5.74, 6) is -0.653. The molecule has 3 N–H and O–H groups in total. The molecule has 0 radical (unpaired) electrons. The molecule has 0 spiro atoms. The molecule has 1 aliphatic heterocycles. The Bertz CT molecular complexity index is 1640. The lowest BCUT2D eigenvalue weighted by Crippen LogP contribution is -2.41. The Morgan fingerprint density at radius 2 is 1.57 bits per heavy atom. The molecule has 11 nitrogen and oxygen atoms in total. The average Bonchev–Trinajstić information content (AvgIpc) is 3.69. The maximum absolute atomic E-state index is 12.9. The Kier molecular flexibility index (Phi) is 9.78. The van der Waals surface area contributed by atoms with Crippen LogP contribution in [0, 0.1) is 0 Å². The van der Waals surface area contributed by atoms with Crippen LogP contribution in [0.3, 0.4) is 0 Å². The Morgan fingerprint density at radius 3 is 2.30 bits per heavy atom. The van der Waals surface area contributed by atoms with Crippen molar-refractivity contribution in [3.63, 3.8) is 0 Å². The highest BCUT2D eigenvalue weighted by Gasteiger charge is 2.16. The summed E-state index contributed by atoms with van der Waals surface area (Å²) in [6.45, 7) is 4.48. The van der Waals surface area contributed by atoms with Crippen LogP contribution in [0.15, 0.2) is 67.1 Å². The molecule has 44 heavy (non-hydrogen) atoms. The molecule has 4 heterocycles. The first kappa shape index (κ1) is 30.6. The lowest BCUT2D eigenvalue weighted by atomic mass is 10.1. The van der Waals surface area contributed by atoms with Crippen LogP contribution in [-0.4, -0.2) is 75.7 Å². The summed E-state index contributed by atoms with van der Waals surface area (Å²) in [6, 6.07) is 14.9. The lowest BCUT2D eigenvalue weighted by Gasteiger charge is -2.26. The van der Waals surface area contributed by atoms with Crippen molar-refractivity contribution in [3.8, 4) is 0 Å². The molecule has 0 saturated carbocycles. The van der Waals surface area contributed by atoms with Gasteiger partial charge in [0.15, 0.2) is 0 Å². The number of amides is 3. The number of carbonyl (C=O) groups excluding carboxylic acids is 3. The number of hydrogen-bond donors (Lipinski definition) is 3. The van der Waals surface area contributed by atoms with Crippen LogP contribution < -0.4 is 16.0 Å². The number of aryl methyl sites for hydroxylation is 3. The lowest BCUT2D eigenvalue weighted by molar-refractivity contribution is -0.115. The summed E-state index contributed by atoms with van der Waals surface area (Å²) < 4.78 is 10.9. The number of nitrogens with zero attached hydrogens (tertiary/aromatic N) is 4. The Hall–Kier alpha value is -4.87. The highest BCUT2D eigenvalue weighted by Crippen LogP contribution is 2.18. The molecule has 1 aromatic carbocycles. The fraction of sp³-hybridized carbons (Fsp3) is 0.303. The summed E-state index contributed by atoms with van der Waals surface area (Å²) in [6.07, 6.45) is 9.62. The van der Waals surface area contributed by atoms with Crippen molar-refractivity contribution in [1.29, 1.82) is 0 Å². The van der Waals surface area contributed by atoms with Crippen LogP contribution in [0.1, 0.15) is 37.8 Å². The molecule has 0 bridgehead atoms. The number of hydrogen-bond acceptors (Lipinski definition) is 5. The van der Waals surface area contributed by atoms with Crippen molar-refractivity contribution < 1.29 is 19.1 Å². The van der Waals surface area contributed by atoms with Crippen molar-refractivity contribution in [2.24, 2.45) is 21.1 Å². The molecule has 1 fully saturated rings. The molecule has 4 aromatic rings. The molecule has 3 amide bonds. The van der Waals surface area contributed by atoms with E-state index >= 15 is 0 Å². The van der Waals surface area contributed by atoms with Crippen molar-refractivity contribution in [3.05, 3.63) is 95.3 Å². The van der Waals surface area contributed by atoms with Crippen molar-refractivity contribution in [1.82, 2.24) is 23.9 Å². The van der Waals surface area contributed by atoms with E-state index in [1.165, 1.54) is 0 Å². The summed E-state index contributed by atoms with van der Waals surface area (Å²) in [5, 5.41) is 8.74. The van der Waals surface area contributed by atoms with Crippen LogP contribution in [0.5, 0.6) is 0 Å². The zero-order chi connectivity index (χ0) is 31.1. The largest absolute Gasteiger partial charge is 0.379 e. The number of anilines is 2. The maximum Gasteiger partial charge on any atom is 0.268 e. The third-order valence-corrected chi connectivity index (χ3v) is 7.65. The molecule has 11 heteroatoms. The van der Waals surface area contributed by atoms with Gasteiger partial charge < -0.3 is 34.4 Å². The van der Waals surface area contributed by atoms with Gasteiger partial charge in [-0.1, -0.05) is 18.2 Å². The topological polar surface area (TPSA) is 115 Å². The zero-order valence-electron chi connectivity index (χ0n) is 25.4. The molecule has 1 aliphatic rings. The second-order valence-corrected chi connectivity index (χ2v) is 10.9. The molecular formula is C33H39N7O4. The van der Waals surface area contributed by atoms with Gasteiger partial charge in [-0.05, 0) is 48.0 Å². The van der Waals surface area contributed by atoms with E-state index in [-0.39, 0.29) is 24.1 Å². The van der Waals surface area contributed by atoms with Crippen LogP contribution in [0.4, 0.5) is 11.4 Å². The van der Waals surface area contributed by atoms with Gasteiger partial charge in [0, 0.05) is 82.9 Å². The molecule has 230 valence electrons. The SMILES string of the molecule is Cn1cccc1/C=C/c1ccc(C(=O)Nc2cc(CC(=O)Nc3cc(C(=O)NCCN4CCOCC4)n(C)c3)n(C)c2)cc1. The number of morpholine rings is 1. The number of benzene rings is 1. The smallest absolute Gasteiger partial charge is 0.268 e. The van der Waals surface area contributed by atoms with E-state index in [0.29, 0.717) is 29.2 Å². The second-order valence-electron chi connectivity index (χ2n) is 10.9. The van der Waals surface area contributed by atoms with E-state index in [4.69, 9.17) is 4.74 Å². The van der Waals surface area contributed by atoms with Gasteiger partial charge in [0.2, 0.25) is 5.91 Å². The molecular weight excluding hydrogens is 558 g/mol. The zero-order valence-corrected chi connectivity index (χ0v) is 25.4. The highest BCUT2D eigenvalue weighted by atomic mass is 16.5. The Morgan fingerprint density at radius 1 is 0.841 bits per heavy atom. The monoisotopic (exact) mass is 597 g/mol. The maximum atomic E-state index is 12.9. The minimum absolute atomic E-state index is 0.102. The highest BCUT2D eigenvalue weighted by molar-refractivity contribution is 6.04. The number of ether oxygens (including phenoxy) is 1. The number of aromatic nitrogens is 3. The number of nitrogens with one attached hydrogen (secondary N) is 3. The fourth-order valence-electron chi connectivity index (χ4n) is 5.10. The van der Waals surface area contributed by atoms with Gasteiger partial charge >= 0.3 is 0 Å². The predicted octanol–water partition coefficient (Wildman–Crippen LogP) is 3.37. The number of carbonyl (C=O) groups is 3. The van der Waals surface area contributed by atoms with E-state index in [9.17, 15) is 14.4 Å². The first-order chi connectivity index (χ1) is 21.2. The van der Waals surface area contributed by atoms with Crippen LogP contribution in [-0.2, 0) is 37.1 Å². The minimum atomic E-state index is -0.232. The Balaban J connectivity index is 1.11. The van der Waals surface area contributed by atoms with Gasteiger partial charge in [-0.2, -0.15) is 0 Å². The third-order valence-electron chi connectivity index (χ3n) is 7.65. The first-order valence-corrected chi connectivity index (χ1v) is 14.7. The molecule has 1 saturated heterocycles. The van der Waals surface area contributed by atoms with E-state index in [1.54, 1.807) is 48.3 Å². The summed E-state index contributed by atoms with van der Waals surface area (Å²) in [4.78, 5) is 40.7. The van der Waals surface area contributed by atoms with Gasteiger partial charge in [-0.15, -0.1) is 0 Å². The van der Waals surface area contributed by atoms with Crippen LogP contribution >= 0.6 is 0 Å². The van der Waals surface area contributed by atoms with E-state index in [0.717, 1.165) is 49.8 Å². The van der Waals surface area contributed by atoms with E-state index in [1.807, 2.05) is 65.8 Å². The summed E-state index contributed by atoms with van der Waals surface area (Å²) in [5.41, 5.74) is 4.96. The van der Waals surface area contributed by atoms with E-state index in [2.05, 4.69) is 20.9 Å². The molecule has 3 aromatic heterocycles.